The van der Waals surface area contributed by atoms with Crippen LogP contribution in [0, 0.1) is 0 Å². The molecular weight excluding hydrogens is 514 g/mol. The number of carboxylic acids is 1. The molecule has 0 radical (unpaired) electrons. The third-order valence-electron chi connectivity index (χ3n) is 4.83. The van der Waals surface area contributed by atoms with Crippen molar-refractivity contribution >= 4 is 69.8 Å². The Morgan fingerprint density at radius 3 is 3.00 bits per heavy atom. The monoisotopic (exact) mass is 533 g/mol. The number of thioether (sulfide) groups is 2. The first-order chi connectivity index (χ1) is 16.9. The molecule has 1 saturated heterocycles. The lowest BCUT2D eigenvalue weighted by Crippen LogP contribution is -2.82. The number of β-lactam (4-membered cyclic amide) rings is 1. The Labute approximate surface area is 211 Å². The molecule has 1 fully saturated rings. The van der Waals surface area contributed by atoms with E-state index in [0.29, 0.717) is 5.75 Å². The van der Waals surface area contributed by atoms with Gasteiger partial charge >= 0.3 is 5.97 Å². The molecule has 1 unspecified atom stereocenters. The molecule has 35 heavy (non-hydrogen) atoms. The highest BCUT2D eigenvalue weighted by Gasteiger charge is 2.68. The molecule has 2 aromatic rings. The van der Waals surface area contributed by atoms with Crippen molar-refractivity contribution in [2.45, 2.75) is 17.8 Å². The number of hydrogen-bond acceptors (Lipinski definition) is 12. The molecule has 4 N–H and O–H groups in total. The van der Waals surface area contributed by atoms with Crippen LogP contribution < -0.4 is 11.1 Å². The minimum atomic E-state index is -2.17. The number of nitrogens with two attached hydrogens (primary N) is 1. The number of carbonyl (C=O) groups is 3. The van der Waals surface area contributed by atoms with Gasteiger partial charge in [0.05, 0.1) is 0 Å². The van der Waals surface area contributed by atoms with Crippen LogP contribution >= 0.6 is 35.1 Å². The van der Waals surface area contributed by atoms with Crippen LogP contribution in [0.15, 0.2) is 46.2 Å². The van der Waals surface area contributed by atoms with Gasteiger partial charge in [-0.2, -0.15) is 9.36 Å². The van der Waals surface area contributed by atoms with Gasteiger partial charge in [0.25, 0.3) is 11.8 Å². The molecule has 0 bridgehead atoms. The van der Waals surface area contributed by atoms with Crippen LogP contribution in [0.1, 0.15) is 18.3 Å². The first kappa shape index (κ1) is 24.7. The maximum atomic E-state index is 13.0. The molecule has 15 heteroatoms. The summed E-state index contributed by atoms with van der Waals surface area (Å²) >= 11 is 3.48. The van der Waals surface area contributed by atoms with Crippen molar-refractivity contribution in [3.05, 3.63) is 52.4 Å². The highest BCUT2D eigenvalue weighted by Crippen LogP contribution is 2.45. The summed E-state index contributed by atoms with van der Waals surface area (Å²) in [5, 5.41) is 17.1. The number of anilines is 1. The van der Waals surface area contributed by atoms with Gasteiger partial charge in [-0.3, -0.25) is 19.5 Å². The largest absolute Gasteiger partial charge is 0.479 e. The van der Waals surface area contributed by atoms with Gasteiger partial charge in [0.1, 0.15) is 12.0 Å². The van der Waals surface area contributed by atoms with E-state index in [1.807, 2.05) is 23.6 Å². The van der Waals surface area contributed by atoms with Crippen molar-refractivity contribution in [2.75, 3.05) is 18.1 Å². The predicted octanol–water partition coefficient (Wildman–Crippen LogP) is 1.36. The van der Waals surface area contributed by atoms with E-state index in [1.54, 1.807) is 25.5 Å². The number of carbonyl (C=O) groups excluding carboxylic acids is 2. The first-order valence-electron chi connectivity index (χ1n) is 10.1. The van der Waals surface area contributed by atoms with Crippen LogP contribution in [0.25, 0.3) is 6.08 Å². The van der Waals surface area contributed by atoms with Crippen LogP contribution in [-0.2, 0) is 19.2 Å². The van der Waals surface area contributed by atoms with E-state index in [0.717, 1.165) is 22.0 Å². The van der Waals surface area contributed by atoms with Crippen molar-refractivity contribution in [2.24, 2.45) is 5.16 Å². The summed E-state index contributed by atoms with van der Waals surface area (Å²) in [4.78, 5) is 53.4. The maximum Gasteiger partial charge on any atom is 0.342 e. The van der Waals surface area contributed by atoms with E-state index < -0.39 is 28.7 Å². The summed E-state index contributed by atoms with van der Waals surface area (Å²) in [6.45, 7) is 1.80. The summed E-state index contributed by atoms with van der Waals surface area (Å²) < 4.78 is 3.93. The second kappa shape index (κ2) is 10.5. The number of nitrogen functional groups attached to an aromatic ring is 1. The second-order valence-corrected chi connectivity index (χ2v) is 9.94. The van der Waals surface area contributed by atoms with Crippen LogP contribution in [0.3, 0.4) is 0 Å². The molecule has 2 aliphatic rings. The van der Waals surface area contributed by atoms with Crippen LogP contribution in [-0.4, -0.2) is 71.1 Å². The molecule has 2 aliphatic heterocycles. The third kappa shape index (κ3) is 4.87. The van der Waals surface area contributed by atoms with Gasteiger partial charge < -0.3 is 21.0 Å². The van der Waals surface area contributed by atoms with Gasteiger partial charge in [-0.15, -0.1) is 23.5 Å². The summed E-state index contributed by atoms with van der Waals surface area (Å²) in [5.74, 6) is -2.89. The smallest absolute Gasteiger partial charge is 0.342 e. The zero-order valence-corrected chi connectivity index (χ0v) is 20.6. The number of rotatable bonds is 9. The quantitative estimate of drug-likeness (QED) is 0.184. The van der Waals surface area contributed by atoms with Gasteiger partial charge in [-0.05, 0) is 30.0 Å². The highest BCUT2D eigenvalue weighted by atomic mass is 32.2. The standard InChI is InChI=1S/C20H19N7O5S3/c1-2-32-25-13(14-23-19(21)35-26-14)15(28)24-20(18(30)31)16(29)27-9-12(10-34-17(20)27)33-7-5-11-4-3-6-22-8-11/h3-9,17H,2,10H2,1H3,(H,24,28)(H,30,31)(H2,21,23,26)/t17-,20?/m0/s1. The topological polar surface area (TPSA) is 173 Å². The number of hydrogen-bond donors (Lipinski definition) is 3. The number of fused-ring (bicyclic) bond motifs is 1. The van der Waals surface area contributed by atoms with Gasteiger partial charge in [0, 0.05) is 40.8 Å². The van der Waals surface area contributed by atoms with Crippen molar-refractivity contribution in [1.82, 2.24) is 24.6 Å². The molecule has 4 heterocycles. The lowest BCUT2D eigenvalue weighted by atomic mass is 9.87. The van der Waals surface area contributed by atoms with E-state index >= 15 is 0 Å². The Morgan fingerprint density at radius 1 is 1.51 bits per heavy atom. The van der Waals surface area contributed by atoms with Gasteiger partial charge in [-0.25, -0.2) is 4.79 Å². The fourth-order valence-corrected chi connectivity index (χ4v) is 5.94. The molecule has 2 amide bonds. The zero-order valence-electron chi connectivity index (χ0n) is 18.2. The number of pyridine rings is 1. The summed E-state index contributed by atoms with van der Waals surface area (Å²) in [6, 6.07) is 3.73. The van der Waals surface area contributed by atoms with Gasteiger partial charge in [0.2, 0.25) is 17.1 Å². The number of nitrogens with zero attached hydrogens (tertiary/aromatic N) is 5. The van der Waals surface area contributed by atoms with Gasteiger partial charge in [-0.1, -0.05) is 11.2 Å². The molecule has 0 aromatic carbocycles. The van der Waals surface area contributed by atoms with E-state index in [9.17, 15) is 19.5 Å². The van der Waals surface area contributed by atoms with E-state index in [-0.39, 0.29) is 23.3 Å². The molecule has 0 saturated carbocycles. The first-order valence-corrected chi connectivity index (χ1v) is 12.8. The average molecular weight is 534 g/mol. The SMILES string of the molecule is CCON=C(C(=O)NC1(C(=O)O)C(=O)N2C=C(SC=Cc3cccnc3)CS[C@H]21)c1nsc(N)n1. The molecule has 2 aromatic heterocycles. The lowest BCUT2D eigenvalue weighted by molar-refractivity contribution is -0.169. The zero-order chi connectivity index (χ0) is 25.0. The maximum absolute atomic E-state index is 13.0. The fourth-order valence-electron chi connectivity index (χ4n) is 3.23. The molecule has 0 spiro atoms. The van der Waals surface area contributed by atoms with Crippen molar-refractivity contribution in [3.8, 4) is 0 Å². The Kier molecular flexibility index (Phi) is 7.37. The lowest BCUT2D eigenvalue weighted by Gasteiger charge is -2.53. The second-order valence-electron chi connectivity index (χ2n) is 7.06. The Morgan fingerprint density at radius 2 is 2.34 bits per heavy atom. The van der Waals surface area contributed by atoms with E-state index in [1.165, 1.54) is 28.4 Å². The number of carboxylic acid groups (broad SMARTS) is 1. The Hall–Kier alpha value is -3.43. The fraction of sp³-hybridized carbons (Fsp3) is 0.250. The number of aliphatic carboxylic acids is 1. The van der Waals surface area contributed by atoms with Crippen LogP contribution in [0.5, 0.6) is 0 Å². The van der Waals surface area contributed by atoms with Gasteiger partial charge in [0.15, 0.2) is 5.13 Å². The average Bonchev–Trinajstić information content (AvgIpc) is 3.28. The number of aromatic nitrogens is 3. The van der Waals surface area contributed by atoms with Crippen LogP contribution in [0.4, 0.5) is 5.13 Å². The number of nitrogens with one attached hydrogen (secondary N) is 1. The Bertz CT molecular complexity index is 1230. The van der Waals surface area contributed by atoms with Crippen molar-refractivity contribution in [1.29, 1.82) is 0 Å². The summed E-state index contributed by atoms with van der Waals surface area (Å²) in [7, 11) is 0. The summed E-state index contributed by atoms with van der Waals surface area (Å²) in [5.41, 5.74) is 3.97. The third-order valence-corrected chi connectivity index (χ3v) is 7.75. The van der Waals surface area contributed by atoms with Crippen LogP contribution in [0.2, 0.25) is 0 Å². The van der Waals surface area contributed by atoms with E-state index in [2.05, 4.69) is 24.8 Å². The normalized spacial score (nSPS) is 21.8. The number of oxime groups is 1. The Balaban J connectivity index is 1.51. The minimum Gasteiger partial charge on any atom is -0.479 e. The molecule has 4 rings (SSSR count). The van der Waals surface area contributed by atoms with Crippen molar-refractivity contribution < 1.29 is 24.3 Å². The van der Waals surface area contributed by atoms with E-state index in [4.69, 9.17) is 10.6 Å². The molecule has 2 atom stereocenters. The predicted molar refractivity (Wildman–Crippen MR) is 133 cm³/mol. The number of amides is 2. The molecule has 0 aliphatic carbocycles. The summed E-state index contributed by atoms with van der Waals surface area (Å²) in [6.07, 6.45) is 6.89. The van der Waals surface area contributed by atoms with Crippen molar-refractivity contribution in [3.63, 3.8) is 0 Å². The molecule has 182 valence electrons. The molecule has 12 nitrogen and oxygen atoms in total. The minimum absolute atomic E-state index is 0.0893. The highest BCUT2D eigenvalue weighted by molar-refractivity contribution is 8.08. The molecular formula is C20H19N7O5S3.